The molecule has 1 nitrogen and oxygen atoms in total. The maximum Gasteiger partial charge on any atom is 0.0540 e. The smallest absolute Gasteiger partial charge is 0.0540 e. The molecule has 0 saturated heterocycles. The highest BCUT2D eigenvalue weighted by Crippen LogP contribution is 2.48. The molecule has 1 saturated carbocycles. The van der Waals surface area contributed by atoms with Gasteiger partial charge in [-0.15, -0.1) is 11.3 Å². The average molecular weight is 864 g/mol. The number of rotatable bonds is 9. The summed E-state index contributed by atoms with van der Waals surface area (Å²) in [6.07, 6.45) is 6.47. The number of benzene rings is 10. The number of para-hydroxylation sites is 1. The zero-order valence-electron chi connectivity index (χ0n) is 36.9. The fourth-order valence-electron chi connectivity index (χ4n) is 10.8. The van der Waals surface area contributed by atoms with Gasteiger partial charge in [0.25, 0.3) is 0 Å². The zero-order valence-corrected chi connectivity index (χ0v) is 37.7. The van der Waals surface area contributed by atoms with Crippen molar-refractivity contribution >= 4 is 59.3 Å². The van der Waals surface area contributed by atoms with E-state index >= 15 is 0 Å². The summed E-state index contributed by atoms with van der Waals surface area (Å²) < 4.78 is 2.63. The van der Waals surface area contributed by atoms with E-state index in [4.69, 9.17) is 0 Å². The Morgan fingerprint density at radius 3 is 1.79 bits per heavy atom. The van der Waals surface area contributed by atoms with Crippen molar-refractivity contribution < 1.29 is 0 Å². The molecule has 0 amide bonds. The lowest BCUT2D eigenvalue weighted by atomic mass is 9.80. The molecule has 11 aromatic rings. The molecule has 0 N–H and O–H groups in total. The van der Waals surface area contributed by atoms with Crippen LogP contribution in [0.1, 0.15) is 43.6 Å². The van der Waals surface area contributed by atoms with Gasteiger partial charge in [-0.2, -0.15) is 0 Å². The maximum absolute atomic E-state index is 2.49. The van der Waals surface area contributed by atoms with E-state index in [1.54, 1.807) is 0 Å². The van der Waals surface area contributed by atoms with Crippen LogP contribution in [0.25, 0.3) is 86.6 Å². The Labute approximate surface area is 391 Å². The van der Waals surface area contributed by atoms with Gasteiger partial charge in [-0.1, -0.05) is 201 Å². The van der Waals surface area contributed by atoms with E-state index in [1.807, 2.05) is 11.3 Å². The van der Waals surface area contributed by atoms with Gasteiger partial charge in [0.2, 0.25) is 0 Å². The van der Waals surface area contributed by atoms with E-state index < -0.39 is 0 Å². The van der Waals surface area contributed by atoms with Crippen LogP contribution >= 0.6 is 11.3 Å². The summed E-state index contributed by atoms with van der Waals surface area (Å²) >= 11 is 1.87. The van der Waals surface area contributed by atoms with E-state index in [-0.39, 0.29) is 0 Å². The van der Waals surface area contributed by atoms with Crippen LogP contribution in [0.4, 0.5) is 17.1 Å². The second kappa shape index (κ2) is 17.5. The summed E-state index contributed by atoms with van der Waals surface area (Å²) in [5.74, 6) is 0.580. The lowest BCUT2D eigenvalue weighted by Gasteiger charge is -2.29. The van der Waals surface area contributed by atoms with E-state index in [9.17, 15) is 0 Å². The number of hydrogen-bond donors (Lipinski definition) is 0. The van der Waals surface area contributed by atoms with E-state index in [2.05, 4.69) is 235 Å². The Kier molecular flexibility index (Phi) is 10.6. The Hall–Kier alpha value is -7.52. The van der Waals surface area contributed by atoms with Crippen LogP contribution in [-0.4, -0.2) is 0 Å². The zero-order chi connectivity index (χ0) is 43.8. The molecule has 0 unspecified atom stereocenters. The first kappa shape index (κ1) is 40.0. The molecule has 1 aliphatic rings. The monoisotopic (exact) mass is 863 g/mol. The lowest BCUT2D eigenvalue weighted by molar-refractivity contribution is 0.445. The first-order valence-corrected chi connectivity index (χ1v) is 24.3. The number of hydrogen-bond acceptors (Lipinski definition) is 2. The molecular formula is C64H49NS. The third-order valence-corrected chi connectivity index (χ3v) is 15.0. The number of nitrogens with zero attached hydrogens (tertiary/aromatic N) is 1. The van der Waals surface area contributed by atoms with Gasteiger partial charge in [-0.05, 0) is 134 Å². The Morgan fingerprint density at radius 2 is 0.970 bits per heavy atom. The van der Waals surface area contributed by atoms with Crippen molar-refractivity contribution in [3.63, 3.8) is 0 Å². The highest BCUT2D eigenvalue weighted by atomic mass is 32.1. The number of fused-ring (bicyclic) bond motifs is 4. The largest absolute Gasteiger partial charge is 0.310 e. The maximum atomic E-state index is 2.49. The minimum absolute atomic E-state index is 0.580. The number of anilines is 3. The quantitative estimate of drug-likeness (QED) is 0.140. The molecule has 316 valence electrons. The molecule has 2 heteroatoms. The molecule has 1 aliphatic carbocycles. The van der Waals surface area contributed by atoms with Crippen LogP contribution in [0.5, 0.6) is 0 Å². The first-order chi connectivity index (χ1) is 32.7. The second-order valence-corrected chi connectivity index (χ2v) is 18.9. The Bertz CT molecular complexity index is 3500. The van der Waals surface area contributed by atoms with Gasteiger partial charge in [0, 0.05) is 37.1 Å². The summed E-state index contributed by atoms with van der Waals surface area (Å²) in [5.41, 5.74) is 17.1. The van der Waals surface area contributed by atoms with Crippen molar-refractivity contribution in [2.45, 2.75) is 38.0 Å². The lowest BCUT2D eigenvalue weighted by Crippen LogP contribution is -2.11. The molecule has 1 aromatic heterocycles. The van der Waals surface area contributed by atoms with Crippen molar-refractivity contribution in [2.75, 3.05) is 4.90 Å². The van der Waals surface area contributed by atoms with Crippen LogP contribution in [0.2, 0.25) is 0 Å². The molecule has 0 bridgehead atoms. The summed E-state index contributed by atoms with van der Waals surface area (Å²) in [7, 11) is 0. The minimum Gasteiger partial charge on any atom is -0.310 e. The summed E-state index contributed by atoms with van der Waals surface area (Å²) in [4.78, 5) is 2.49. The highest BCUT2D eigenvalue weighted by Gasteiger charge is 2.23. The molecule has 0 spiro atoms. The van der Waals surface area contributed by atoms with Crippen LogP contribution in [0.3, 0.4) is 0 Å². The van der Waals surface area contributed by atoms with E-state index in [1.165, 1.54) is 124 Å². The topological polar surface area (TPSA) is 3.24 Å². The fourth-order valence-corrected chi connectivity index (χ4v) is 11.9. The molecule has 12 rings (SSSR count). The van der Waals surface area contributed by atoms with Crippen LogP contribution < -0.4 is 4.90 Å². The molecule has 10 aromatic carbocycles. The summed E-state index contributed by atoms with van der Waals surface area (Å²) in [5, 5.41) is 5.35. The standard InChI is InChI=1S/C64H49NS/c1-4-18-45(19-5-1)53-41-38-49(43-59(53)47-22-8-3-9-23-47)44-36-39-51(40-37-44)65(52-27-14-26-50(42-52)55-31-17-35-62-64(55)58-29-11-13-34-61(58)66-62)60-33-12-10-28-56(60)57-32-16-25-48-24-15-30-54(63(48)57)46-20-6-2-7-21-46/h1,3-5,8-19,22-43,46H,2,6-7,20-21H2. The molecule has 1 fully saturated rings. The van der Waals surface area contributed by atoms with E-state index in [0.717, 1.165) is 17.1 Å². The van der Waals surface area contributed by atoms with Crippen LogP contribution in [0.15, 0.2) is 231 Å². The third-order valence-electron chi connectivity index (χ3n) is 13.9. The highest BCUT2D eigenvalue weighted by molar-refractivity contribution is 7.25. The summed E-state index contributed by atoms with van der Waals surface area (Å²) in [6.45, 7) is 0. The van der Waals surface area contributed by atoms with E-state index in [0.29, 0.717) is 5.92 Å². The minimum atomic E-state index is 0.580. The van der Waals surface area contributed by atoms with Gasteiger partial charge in [0.1, 0.15) is 0 Å². The SMILES string of the molecule is c1ccc(-c2ccc(-c3ccc(N(c4cccc(-c5cccc6sc7ccccc7c56)c4)c4ccccc4-c4cccc5cccc(C6CCCCC6)c45)cc3)cc2-c2ccccc2)cc1. The Morgan fingerprint density at radius 1 is 0.348 bits per heavy atom. The molecule has 0 atom stereocenters. The van der Waals surface area contributed by atoms with Gasteiger partial charge < -0.3 is 4.90 Å². The van der Waals surface area contributed by atoms with Crippen molar-refractivity contribution in [3.8, 4) is 55.6 Å². The van der Waals surface area contributed by atoms with Gasteiger partial charge in [-0.3, -0.25) is 0 Å². The molecule has 1 heterocycles. The normalized spacial score (nSPS) is 13.1. The average Bonchev–Trinajstić information content (AvgIpc) is 3.79. The Balaban J connectivity index is 1.03. The van der Waals surface area contributed by atoms with Gasteiger partial charge in [-0.25, -0.2) is 0 Å². The first-order valence-electron chi connectivity index (χ1n) is 23.5. The number of thiophene rings is 1. The van der Waals surface area contributed by atoms with Gasteiger partial charge in [0.05, 0.1) is 5.69 Å². The fraction of sp³-hybridized carbons (Fsp3) is 0.0938. The third kappa shape index (κ3) is 7.38. The molecule has 0 radical (unpaired) electrons. The predicted octanol–water partition coefficient (Wildman–Crippen LogP) is 19.1. The van der Waals surface area contributed by atoms with Crippen molar-refractivity contribution in [1.82, 2.24) is 0 Å². The van der Waals surface area contributed by atoms with Crippen molar-refractivity contribution in [1.29, 1.82) is 0 Å². The predicted molar refractivity (Wildman–Crippen MR) is 285 cm³/mol. The second-order valence-electron chi connectivity index (χ2n) is 17.8. The van der Waals surface area contributed by atoms with Crippen molar-refractivity contribution in [3.05, 3.63) is 236 Å². The van der Waals surface area contributed by atoms with Gasteiger partial charge >= 0.3 is 0 Å². The molecule has 66 heavy (non-hydrogen) atoms. The molecule has 0 aliphatic heterocycles. The molecular weight excluding hydrogens is 815 g/mol. The summed E-state index contributed by atoms with van der Waals surface area (Å²) in [6, 6.07) is 85.5. The van der Waals surface area contributed by atoms with Gasteiger partial charge in [0.15, 0.2) is 0 Å². The van der Waals surface area contributed by atoms with Crippen LogP contribution in [-0.2, 0) is 0 Å². The van der Waals surface area contributed by atoms with Crippen molar-refractivity contribution in [2.24, 2.45) is 0 Å². The van der Waals surface area contributed by atoms with Crippen LogP contribution in [0, 0.1) is 0 Å².